The van der Waals surface area contributed by atoms with Crippen LogP contribution in [0.5, 0.6) is 0 Å². The average Bonchev–Trinajstić information content (AvgIpc) is 2.86. The minimum absolute atomic E-state index is 0.119. The van der Waals surface area contributed by atoms with E-state index in [9.17, 15) is 14.0 Å². The second kappa shape index (κ2) is 7.12. The van der Waals surface area contributed by atoms with Gasteiger partial charge in [0.25, 0.3) is 5.91 Å². The first-order valence-electron chi connectivity index (χ1n) is 7.26. The van der Waals surface area contributed by atoms with Crippen molar-refractivity contribution in [3.8, 4) is 0 Å². The molecule has 0 radical (unpaired) electrons. The predicted molar refractivity (Wildman–Crippen MR) is 89.0 cm³/mol. The van der Waals surface area contributed by atoms with Gasteiger partial charge in [0.2, 0.25) is 0 Å². The highest BCUT2D eigenvalue weighted by molar-refractivity contribution is 9.10. The van der Waals surface area contributed by atoms with Crippen molar-refractivity contribution in [1.29, 1.82) is 0 Å². The zero-order chi connectivity index (χ0) is 17.1. The zero-order valence-electron chi connectivity index (χ0n) is 12.9. The van der Waals surface area contributed by atoms with Crippen LogP contribution in [0.2, 0.25) is 0 Å². The fourth-order valence-electron chi connectivity index (χ4n) is 2.39. The highest BCUT2D eigenvalue weighted by Gasteiger charge is 2.20. The molecule has 1 heterocycles. The number of aromatic nitrogens is 1. The topological polar surface area (TPSA) is 73.4 Å². The van der Waals surface area contributed by atoms with Crippen molar-refractivity contribution in [2.24, 2.45) is 5.92 Å². The summed E-state index contributed by atoms with van der Waals surface area (Å²) in [5.74, 6) is -1.52. The van der Waals surface area contributed by atoms with Crippen molar-refractivity contribution in [3.63, 3.8) is 0 Å². The number of amides is 1. The van der Waals surface area contributed by atoms with Gasteiger partial charge >= 0.3 is 5.97 Å². The summed E-state index contributed by atoms with van der Waals surface area (Å²) in [6.07, 6.45) is -0.126. The number of carboxylic acids is 1. The summed E-state index contributed by atoms with van der Waals surface area (Å²) in [4.78, 5) is 27.8. The van der Waals surface area contributed by atoms with Crippen LogP contribution in [0.3, 0.4) is 0 Å². The number of hydrogen-bond donors (Lipinski definition) is 2. The fraction of sp³-hybridized carbons (Fsp3) is 0.375. The Bertz CT molecular complexity index is 742. The maximum absolute atomic E-state index is 13.9. The molecule has 0 unspecified atom stereocenters. The number of H-pyrrole nitrogens is 1. The van der Waals surface area contributed by atoms with Crippen LogP contribution >= 0.6 is 15.9 Å². The van der Waals surface area contributed by atoms with Crippen LogP contribution in [0.15, 0.2) is 22.7 Å². The third kappa shape index (κ3) is 4.31. The van der Waals surface area contributed by atoms with E-state index in [0.717, 1.165) is 0 Å². The molecule has 0 spiro atoms. The van der Waals surface area contributed by atoms with Crippen molar-refractivity contribution in [2.45, 2.75) is 20.3 Å². The normalized spacial score (nSPS) is 11.2. The number of carbonyl (C=O) groups is 2. The zero-order valence-corrected chi connectivity index (χ0v) is 14.5. The number of aliphatic carboxylic acids is 1. The standard InChI is InChI=1S/C16H18BrFN2O3/c1-9(2)8-20(4-3-15(21)22)16(23)14-7-11-12(18)5-10(17)6-13(11)19-14/h5-7,9,19H,3-4,8H2,1-2H3,(H,21,22). The molecule has 0 aliphatic rings. The quantitative estimate of drug-likeness (QED) is 0.798. The second-order valence-corrected chi connectivity index (χ2v) is 6.74. The van der Waals surface area contributed by atoms with Gasteiger partial charge in [0.15, 0.2) is 0 Å². The summed E-state index contributed by atoms with van der Waals surface area (Å²) in [7, 11) is 0. The lowest BCUT2D eigenvalue weighted by molar-refractivity contribution is -0.137. The van der Waals surface area contributed by atoms with Gasteiger partial charge in [-0.2, -0.15) is 0 Å². The number of hydrogen-bond acceptors (Lipinski definition) is 2. The van der Waals surface area contributed by atoms with E-state index in [2.05, 4.69) is 20.9 Å². The maximum Gasteiger partial charge on any atom is 0.305 e. The summed E-state index contributed by atoms with van der Waals surface area (Å²) in [6, 6.07) is 4.49. The molecule has 1 aromatic heterocycles. The van der Waals surface area contributed by atoms with Gasteiger partial charge in [-0.3, -0.25) is 9.59 Å². The van der Waals surface area contributed by atoms with Gasteiger partial charge < -0.3 is 15.0 Å². The van der Waals surface area contributed by atoms with E-state index in [1.165, 1.54) is 17.0 Å². The van der Waals surface area contributed by atoms with Gasteiger partial charge in [0.1, 0.15) is 11.5 Å². The van der Waals surface area contributed by atoms with Crippen LogP contribution in [-0.4, -0.2) is 40.0 Å². The number of halogens is 2. The molecule has 2 aromatic rings. The van der Waals surface area contributed by atoms with Crippen LogP contribution in [0.1, 0.15) is 30.8 Å². The summed E-state index contributed by atoms with van der Waals surface area (Å²) >= 11 is 3.21. The predicted octanol–water partition coefficient (Wildman–Crippen LogP) is 3.64. The molecule has 1 aromatic carbocycles. The van der Waals surface area contributed by atoms with Crippen molar-refractivity contribution < 1.29 is 19.1 Å². The molecule has 1 amide bonds. The lowest BCUT2D eigenvalue weighted by atomic mass is 10.2. The summed E-state index contributed by atoms with van der Waals surface area (Å²) in [6.45, 7) is 4.45. The largest absolute Gasteiger partial charge is 0.481 e. The molecule has 7 heteroatoms. The first kappa shape index (κ1) is 17.5. The molecule has 0 aliphatic carbocycles. The van der Waals surface area contributed by atoms with E-state index in [-0.39, 0.29) is 30.5 Å². The molecule has 0 saturated carbocycles. The van der Waals surface area contributed by atoms with Crippen molar-refractivity contribution in [2.75, 3.05) is 13.1 Å². The Morgan fingerprint density at radius 3 is 2.65 bits per heavy atom. The number of nitrogens with one attached hydrogen (secondary N) is 1. The van der Waals surface area contributed by atoms with E-state index in [1.807, 2.05) is 13.8 Å². The van der Waals surface area contributed by atoms with Crippen molar-refractivity contribution in [3.05, 3.63) is 34.2 Å². The van der Waals surface area contributed by atoms with Crippen LogP contribution in [0.25, 0.3) is 10.9 Å². The number of rotatable bonds is 6. The van der Waals surface area contributed by atoms with Gasteiger partial charge in [-0.25, -0.2) is 4.39 Å². The highest BCUT2D eigenvalue weighted by atomic mass is 79.9. The summed E-state index contributed by atoms with van der Waals surface area (Å²) < 4.78 is 14.5. The summed E-state index contributed by atoms with van der Waals surface area (Å²) in [5, 5.41) is 9.16. The lowest BCUT2D eigenvalue weighted by Crippen LogP contribution is -2.36. The van der Waals surface area contributed by atoms with Crippen LogP contribution in [0.4, 0.5) is 4.39 Å². The van der Waals surface area contributed by atoms with E-state index in [4.69, 9.17) is 5.11 Å². The van der Waals surface area contributed by atoms with Crippen LogP contribution in [-0.2, 0) is 4.79 Å². The third-order valence-corrected chi connectivity index (χ3v) is 3.81. The molecule has 124 valence electrons. The Hall–Kier alpha value is -1.89. The van der Waals surface area contributed by atoms with Crippen molar-refractivity contribution >= 4 is 38.7 Å². The Morgan fingerprint density at radius 1 is 1.35 bits per heavy atom. The molecule has 2 rings (SSSR count). The Labute approximate surface area is 141 Å². The fourth-order valence-corrected chi connectivity index (χ4v) is 2.82. The molecule has 0 saturated heterocycles. The molecule has 5 nitrogen and oxygen atoms in total. The molecule has 0 aliphatic heterocycles. The molecule has 2 N–H and O–H groups in total. The average molecular weight is 385 g/mol. The molecule has 0 bridgehead atoms. The Balaban J connectivity index is 2.31. The molecular weight excluding hydrogens is 367 g/mol. The smallest absolute Gasteiger partial charge is 0.305 e. The number of nitrogens with zero attached hydrogens (tertiary/aromatic N) is 1. The van der Waals surface area contributed by atoms with Gasteiger partial charge in [-0.1, -0.05) is 29.8 Å². The molecule has 0 atom stereocenters. The van der Waals surface area contributed by atoms with Crippen LogP contribution in [0, 0.1) is 11.7 Å². The van der Waals surface area contributed by atoms with E-state index in [0.29, 0.717) is 21.9 Å². The molecular formula is C16H18BrFN2O3. The van der Waals surface area contributed by atoms with Gasteiger partial charge in [0.05, 0.1) is 11.9 Å². The Kier molecular flexibility index (Phi) is 5.41. The van der Waals surface area contributed by atoms with Crippen LogP contribution < -0.4 is 0 Å². The Morgan fingerprint density at radius 2 is 2.04 bits per heavy atom. The number of benzene rings is 1. The first-order chi connectivity index (χ1) is 10.8. The van der Waals surface area contributed by atoms with Gasteiger partial charge in [-0.05, 0) is 24.1 Å². The van der Waals surface area contributed by atoms with E-state index in [1.54, 1.807) is 6.07 Å². The number of carbonyl (C=O) groups excluding carboxylic acids is 1. The SMILES string of the molecule is CC(C)CN(CCC(=O)O)C(=O)c1cc2c(F)cc(Br)cc2[nH]1. The number of fused-ring (bicyclic) bond motifs is 1. The summed E-state index contributed by atoms with van der Waals surface area (Å²) in [5.41, 5.74) is 0.769. The van der Waals surface area contributed by atoms with E-state index < -0.39 is 11.8 Å². The van der Waals surface area contributed by atoms with Gasteiger partial charge in [-0.15, -0.1) is 0 Å². The second-order valence-electron chi connectivity index (χ2n) is 5.82. The van der Waals surface area contributed by atoms with E-state index >= 15 is 0 Å². The van der Waals surface area contributed by atoms with Crippen molar-refractivity contribution in [1.82, 2.24) is 9.88 Å². The maximum atomic E-state index is 13.9. The minimum atomic E-state index is -0.960. The monoisotopic (exact) mass is 384 g/mol. The molecule has 0 fully saturated rings. The highest BCUT2D eigenvalue weighted by Crippen LogP contribution is 2.24. The third-order valence-electron chi connectivity index (χ3n) is 3.35. The number of carboxylic acid groups (broad SMARTS) is 1. The van der Waals surface area contributed by atoms with Gasteiger partial charge in [0, 0.05) is 22.9 Å². The first-order valence-corrected chi connectivity index (χ1v) is 8.06. The molecule has 23 heavy (non-hydrogen) atoms. The number of aromatic amines is 1. The lowest BCUT2D eigenvalue weighted by Gasteiger charge is -2.23. The minimum Gasteiger partial charge on any atom is -0.481 e.